The number of ether oxygens (including phenoxy) is 3. The van der Waals surface area contributed by atoms with E-state index in [0.29, 0.717) is 24.8 Å². The van der Waals surface area contributed by atoms with Gasteiger partial charge in [0.05, 0.1) is 14.2 Å². The highest BCUT2D eigenvalue weighted by Gasteiger charge is 2.07. The first-order valence-corrected chi connectivity index (χ1v) is 6.29. The fourth-order valence-corrected chi connectivity index (χ4v) is 1.55. The van der Waals surface area contributed by atoms with Crippen molar-refractivity contribution >= 4 is 11.6 Å². The SMILES string of the molecule is COc1nc(Nc2cccc(OCCN)c2)nc(OC)n1. The number of nitrogens with one attached hydrogen (secondary N) is 1. The topological polar surface area (TPSA) is 104 Å². The van der Waals surface area contributed by atoms with Crippen LogP contribution in [0.5, 0.6) is 17.8 Å². The zero-order valence-electron chi connectivity index (χ0n) is 11.9. The summed E-state index contributed by atoms with van der Waals surface area (Å²) in [7, 11) is 2.94. The Labute approximate surface area is 122 Å². The minimum atomic E-state index is 0.167. The van der Waals surface area contributed by atoms with E-state index < -0.39 is 0 Å². The predicted molar refractivity (Wildman–Crippen MR) is 77.2 cm³/mol. The van der Waals surface area contributed by atoms with Crippen molar-refractivity contribution in [3.05, 3.63) is 24.3 Å². The van der Waals surface area contributed by atoms with Crippen LogP contribution in [-0.4, -0.2) is 42.3 Å². The minimum absolute atomic E-state index is 0.167. The van der Waals surface area contributed by atoms with Gasteiger partial charge in [0.1, 0.15) is 12.4 Å². The second-order valence-electron chi connectivity index (χ2n) is 3.92. The molecule has 3 N–H and O–H groups in total. The van der Waals surface area contributed by atoms with E-state index in [1.54, 1.807) is 0 Å². The van der Waals surface area contributed by atoms with Crippen molar-refractivity contribution in [1.29, 1.82) is 0 Å². The van der Waals surface area contributed by atoms with E-state index in [1.165, 1.54) is 14.2 Å². The lowest BCUT2D eigenvalue weighted by Crippen LogP contribution is -2.10. The first-order chi connectivity index (χ1) is 10.2. The van der Waals surface area contributed by atoms with Crippen LogP contribution in [0.2, 0.25) is 0 Å². The van der Waals surface area contributed by atoms with Gasteiger partial charge >= 0.3 is 12.0 Å². The highest BCUT2D eigenvalue weighted by atomic mass is 16.5. The smallest absolute Gasteiger partial charge is 0.324 e. The van der Waals surface area contributed by atoms with Crippen LogP contribution in [0.15, 0.2) is 24.3 Å². The van der Waals surface area contributed by atoms with E-state index in [0.717, 1.165) is 5.69 Å². The Morgan fingerprint density at radius 1 is 1.10 bits per heavy atom. The molecule has 0 aliphatic rings. The van der Waals surface area contributed by atoms with E-state index >= 15 is 0 Å². The molecule has 0 aliphatic carbocycles. The molecule has 0 amide bonds. The van der Waals surface area contributed by atoms with Gasteiger partial charge in [-0.15, -0.1) is 4.98 Å². The number of benzene rings is 1. The number of nitrogens with zero attached hydrogens (tertiary/aromatic N) is 3. The molecular formula is C13H17N5O3. The Morgan fingerprint density at radius 3 is 2.43 bits per heavy atom. The Morgan fingerprint density at radius 2 is 1.81 bits per heavy atom. The molecule has 0 fully saturated rings. The van der Waals surface area contributed by atoms with Gasteiger partial charge in [0.2, 0.25) is 5.95 Å². The molecule has 0 aliphatic heterocycles. The quantitative estimate of drug-likeness (QED) is 0.777. The molecule has 0 bridgehead atoms. The maximum Gasteiger partial charge on any atom is 0.324 e. The van der Waals surface area contributed by atoms with E-state index in [4.69, 9.17) is 19.9 Å². The molecule has 21 heavy (non-hydrogen) atoms. The number of hydrogen-bond acceptors (Lipinski definition) is 8. The number of nitrogens with two attached hydrogens (primary N) is 1. The average molecular weight is 291 g/mol. The largest absolute Gasteiger partial charge is 0.492 e. The van der Waals surface area contributed by atoms with Gasteiger partial charge in [0.25, 0.3) is 0 Å². The standard InChI is InChI=1S/C13H17N5O3/c1-19-12-16-11(17-13(18-12)20-2)15-9-4-3-5-10(8-9)21-7-6-14/h3-5,8H,6-7,14H2,1-2H3,(H,15,16,17,18). The summed E-state index contributed by atoms with van der Waals surface area (Å²) in [4.78, 5) is 12.1. The molecule has 8 nitrogen and oxygen atoms in total. The molecule has 0 unspecified atom stereocenters. The van der Waals surface area contributed by atoms with E-state index in [-0.39, 0.29) is 12.0 Å². The molecule has 0 atom stereocenters. The Bertz CT molecular complexity index is 572. The molecule has 0 spiro atoms. The molecule has 1 aromatic carbocycles. The second kappa shape index (κ2) is 7.25. The van der Waals surface area contributed by atoms with Crippen LogP contribution in [0.4, 0.5) is 11.6 Å². The summed E-state index contributed by atoms with van der Waals surface area (Å²) < 4.78 is 15.4. The summed E-state index contributed by atoms with van der Waals surface area (Å²) in [5, 5.41) is 3.04. The fraction of sp³-hybridized carbons (Fsp3) is 0.308. The van der Waals surface area contributed by atoms with Crippen LogP contribution >= 0.6 is 0 Å². The van der Waals surface area contributed by atoms with Gasteiger partial charge in [0.15, 0.2) is 0 Å². The molecule has 8 heteroatoms. The van der Waals surface area contributed by atoms with Gasteiger partial charge in [-0.2, -0.15) is 9.97 Å². The lowest BCUT2D eigenvalue weighted by atomic mass is 10.3. The monoisotopic (exact) mass is 291 g/mol. The molecule has 0 saturated carbocycles. The van der Waals surface area contributed by atoms with Crippen molar-refractivity contribution in [2.45, 2.75) is 0 Å². The van der Waals surface area contributed by atoms with E-state index in [1.807, 2.05) is 24.3 Å². The summed E-state index contributed by atoms with van der Waals surface area (Å²) in [6.45, 7) is 0.913. The number of methoxy groups -OCH3 is 2. The fourth-order valence-electron chi connectivity index (χ4n) is 1.55. The van der Waals surface area contributed by atoms with E-state index in [9.17, 15) is 0 Å². The minimum Gasteiger partial charge on any atom is -0.492 e. The molecule has 112 valence electrons. The summed E-state index contributed by atoms with van der Waals surface area (Å²) in [5.41, 5.74) is 6.17. The van der Waals surface area contributed by atoms with Crippen LogP contribution in [-0.2, 0) is 0 Å². The van der Waals surface area contributed by atoms with Crippen LogP contribution in [0.1, 0.15) is 0 Å². The van der Waals surface area contributed by atoms with Gasteiger partial charge in [-0.3, -0.25) is 0 Å². The maximum absolute atomic E-state index is 5.46. The molecule has 2 aromatic rings. The number of aromatic nitrogens is 3. The number of anilines is 2. The summed E-state index contributed by atoms with van der Waals surface area (Å²) >= 11 is 0. The molecule has 1 heterocycles. The van der Waals surface area contributed by atoms with Crippen LogP contribution in [0.25, 0.3) is 0 Å². The summed E-state index contributed by atoms with van der Waals surface area (Å²) in [6.07, 6.45) is 0. The van der Waals surface area contributed by atoms with E-state index in [2.05, 4.69) is 20.3 Å². The third-order valence-corrected chi connectivity index (χ3v) is 2.44. The van der Waals surface area contributed by atoms with Gasteiger partial charge in [0, 0.05) is 18.3 Å². The Balaban J connectivity index is 2.17. The maximum atomic E-state index is 5.46. The predicted octanol–water partition coefficient (Wildman–Crippen LogP) is 0.970. The van der Waals surface area contributed by atoms with Crippen molar-refractivity contribution in [1.82, 2.24) is 15.0 Å². The summed E-state index contributed by atoms with van der Waals surface area (Å²) in [6, 6.07) is 7.70. The van der Waals surface area contributed by atoms with Crippen LogP contribution < -0.4 is 25.3 Å². The molecule has 2 rings (SSSR count). The third kappa shape index (κ3) is 4.18. The number of hydrogen-bond donors (Lipinski definition) is 2. The van der Waals surface area contributed by atoms with Gasteiger partial charge < -0.3 is 25.3 Å². The lowest BCUT2D eigenvalue weighted by molar-refractivity contribution is 0.328. The van der Waals surface area contributed by atoms with Gasteiger partial charge in [-0.1, -0.05) is 6.07 Å². The zero-order valence-corrected chi connectivity index (χ0v) is 11.9. The highest BCUT2D eigenvalue weighted by molar-refractivity contribution is 5.56. The van der Waals surface area contributed by atoms with Gasteiger partial charge in [-0.05, 0) is 12.1 Å². The van der Waals surface area contributed by atoms with Crippen LogP contribution in [0, 0.1) is 0 Å². The Hall–Kier alpha value is -2.61. The van der Waals surface area contributed by atoms with Crippen molar-refractivity contribution < 1.29 is 14.2 Å². The van der Waals surface area contributed by atoms with Crippen molar-refractivity contribution in [2.75, 3.05) is 32.7 Å². The normalized spacial score (nSPS) is 10.0. The third-order valence-electron chi connectivity index (χ3n) is 2.44. The molecule has 1 aromatic heterocycles. The first kappa shape index (κ1) is 14.8. The Kier molecular flexibility index (Phi) is 5.10. The van der Waals surface area contributed by atoms with Crippen LogP contribution in [0.3, 0.4) is 0 Å². The molecule has 0 radical (unpaired) electrons. The highest BCUT2D eigenvalue weighted by Crippen LogP contribution is 2.21. The number of rotatable bonds is 7. The zero-order chi connectivity index (χ0) is 15.1. The average Bonchev–Trinajstić information content (AvgIpc) is 2.52. The van der Waals surface area contributed by atoms with Crippen molar-refractivity contribution in [3.63, 3.8) is 0 Å². The van der Waals surface area contributed by atoms with Gasteiger partial charge in [-0.25, -0.2) is 0 Å². The summed E-state index contributed by atoms with van der Waals surface area (Å²) in [5.74, 6) is 1.02. The van der Waals surface area contributed by atoms with Crippen molar-refractivity contribution in [2.24, 2.45) is 5.73 Å². The second-order valence-corrected chi connectivity index (χ2v) is 3.92. The first-order valence-electron chi connectivity index (χ1n) is 6.29. The molecule has 0 saturated heterocycles. The molecular weight excluding hydrogens is 274 g/mol. The lowest BCUT2D eigenvalue weighted by Gasteiger charge is -2.09. The van der Waals surface area contributed by atoms with Crippen molar-refractivity contribution in [3.8, 4) is 17.8 Å².